The van der Waals surface area contributed by atoms with Gasteiger partial charge in [-0.15, -0.1) is 0 Å². The molecule has 0 aliphatic carbocycles. The molecule has 18 heavy (non-hydrogen) atoms. The Hall–Kier alpha value is -1.82. The molecule has 6 heteroatoms. The highest BCUT2D eigenvalue weighted by Crippen LogP contribution is 2.24. The molecule has 0 bridgehead atoms. The predicted octanol–water partition coefficient (Wildman–Crippen LogP) is 2.80. The van der Waals surface area contributed by atoms with E-state index in [0.717, 1.165) is 4.47 Å². The lowest BCUT2D eigenvalue weighted by Gasteiger charge is -2.04. The van der Waals surface area contributed by atoms with E-state index in [2.05, 4.69) is 25.7 Å². The summed E-state index contributed by atoms with van der Waals surface area (Å²) in [6.07, 6.45) is 1.24. The van der Waals surface area contributed by atoms with Crippen molar-refractivity contribution in [3.8, 4) is 5.75 Å². The lowest BCUT2D eigenvalue weighted by molar-refractivity contribution is 0.0594. The fourth-order valence-corrected chi connectivity index (χ4v) is 1.68. The molecule has 94 valence electrons. The number of rotatable bonds is 4. The number of para-hydroxylation sites is 1. The summed E-state index contributed by atoms with van der Waals surface area (Å²) in [5.41, 5.74) is 0.128. The fourth-order valence-electron chi connectivity index (χ4n) is 1.28. The molecule has 0 fully saturated rings. The summed E-state index contributed by atoms with van der Waals surface area (Å²) in [6.45, 7) is 0.138. The molecule has 0 atom stereocenters. The monoisotopic (exact) mass is 311 g/mol. The molecule has 1 aromatic heterocycles. The minimum absolute atomic E-state index is 0.128. The summed E-state index contributed by atoms with van der Waals surface area (Å²) in [7, 11) is 1.29. The van der Waals surface area contributed by atoms with Crippen LogP contribution in [0.2, 0.25) is 0 Å². The van der Waals surface area contributed by atoms with Crippen molar-refractivity contribution in [3.63, 3.8) is 0 Å². The molecular formula is C12H10BrNO4. The van der Waals surface area contributed by atoms with Crippen molar-refractivity contribution in [2.24, 2.45) is 0 Å². The van der Waals surface area contributed by atoms with Crippen LogP contribution in [0, 0.1) is 0 Å². The van der Waals surface area contributed by atoms with Crippen molar-refractivity contribution in [2.75, 3.05) is 7.11 Å². The van der Waals surface area contributed by atoms with Crippen LogP contribution in [0.1, 0.15) is 16.4 Å². The topological polar surface area (TPSA) is 61.6 Å². The molecule has 2 rings (SSSR count). The van der Waals surface area contributed by atoms with Gasteiger partial charge < -0.3 is 13.9 Å². The molecule has 0 saturated carbocycles. The molecule has 1 heterocycles. The van der Waals surface area contributed by atoms with Gasteiger partial charge in [0.15, 0.2) is 12.3 Å². The molecule has 0 aliphatic rings. The molecule has 1 aromatic carbocycles. The third-order valence-electron chi connectivity index (χ3n) is 2.13. The number of aromatic nitrogens is 1. The van der Waals surface area contributed by atoms with E-state index in [9.17, 15) is 4.79 Å². The van der Waals surface area contributed by atoms with E-state index in [1.54, 1.807) is 0 Å². The Kier molecular flexibility index (Phi) is 3.99. The second kappa shape index (κ2) is 5.68. The van der Waals surface area contributed by atoms with Gasteiger partial charge in [-0.3, -0.25) is 0 Å². The zero-order valence-electron chi connectivity index (χ0n) is 9.55. The Morgan fingerprint density at radius 1 is 1.44 bits per heavy atom. The van der Waals surface area contributed by atoms with Gasteiger partial charge in [0, 0.05) is 0 Å². The first kappa shape index (κ1) is 12.6. The predicted molar refractivity (Wildman–Crippen MR) is 66.3 cm³/mol. The largest absolute Gasteiger partial charge is 0.483 e. The Morgan fingerprint density at radius 2 is 2.22 bits per heavy atom. The Bertz CT molecular complexity index is 553. The summed E-state index contributed by atoms with van der Waals surface area (Å²) in [6, 6.07) is 7.42. The third-order valence-corrected chi connectivity index (χ3v) is 2.79. The lowest BCUT2D eigenvalue weighted by Crippen LogP contribution is -2.02. The normalized spacial score (nSPS) is 10.1. The Morgan fingerprint density at radius 3 is 2.94 bits per heavy atom. The van der Waals surface area contributed by atoms with Gasteiger partial charge in [-0.05, 0) is 28.1 Å². The van der Waals surface area contributed by atoms with E-state index in [1.807, 2.05) is 24.3 Å². The number of methoxy groups -OCH3 is 1. The summed E-state index contributed by atoms with van der Waals surface area (Å²) >= 11 is 3.36. The minimum atomic E-state index is -0.536. The van der Waals surface area contributed by atoms with Crippen LogP contribution in [-0.4, -0.2) is 18.1 Å². The van der Waals surface area contributed by atoms with Gasteiger partial charge in [-0.25, -0.2) is 9.78 Å². The first-order valence-corrected chi connectivity index (χ1v) is 5.90. The molecule has 0 N–H and O–H groups in total. The molecule has 0 saturated heterocycles. The number of ether oxygens (including phenoxy) is 2. The number of nitrogens with zero attached hydrogens (tertiary/aromatic N) is 1. The summed E-state index contributed by atoms with van der Waals surface area (Å²) in [4.78, 5) is 15.1. The highest BCUT2D eigenvalue weighted by atomic mass is 79.9. The maximum Gasteiger partial charge on any atom is 0.360 e. The van der Waals surface area contributed by atoms with Gasteiger partial charge in [-0.1, -0.05) is 12.1 Å². The van der Waals surface area contributed by atoms with Crippen LogP contribution < -0.4 is 4.74 Å². The summed E-state index contributed by atoms with van der Waals surface area (Å²) < 4.78 is 16.0. The molecule has 0 amide bonds. The van der Waals surface area contributed by atoms with Crippen LogP contribution >= 0.6 is 15.9 Å². The maximum absolute atomic E-state index is 11.2. The molecule has 0 unspecified atom stereocenters. The number of hydrogen-bond donors (Lipinski definition) is 0. The first-order valence-electron chi connectivity index (χ1n) is 5.10. The van der Waals surface area contributed by atoms with E-state index >= 15 is 0 Å². The van der Waals surface area contributed by atoms with E-state index in [1.165, 1.54) is 13.4 Å². The molecule has 0 spiro atoms. The number of hydrogen-bond acceptors (Lipinski definition) is 5. The highest BCUT2D eigenvalue weighted by molar-refractivity contribution is 9.10. The molecular weight excluding hydrogens is 302 g/mol. The number of oxazole rings is 1. The minimum Gasteiger partial charge on any atom is -0.483 e. The standard InChI is InChI=1S/C12H10BrNO4/c1-16-12(15)9-6-18-11(14-9)7-17-10-5-3-2-4-8(10)13/h2-6H,7H2,1H3. The first-order chi connectivity index (χ1) is 8.70. The number of esters is 1. The van der Waals surface area contributed by atoms with Crippen molar-refractivity contribution >= 4 is 21.9 Å². The molecule has 0 radical (unpaired) electrons. The van der Waals surface area contributed by atoms with Crippen LogP contribution in [0.4, 0.5) is 0 Å². The van der Waals surface area contributed by atoms with Crippen LogP contribution in [0.5, 0.6) is 5.75 Å². The van der Waals surface area contributed by atoms with Crippen molar-refractivity contribution < 1.29 is 18.7 Å². The molecule has 2 aromatic rings. The summed E-state index contributed by atoms with van der Waals surface area (Å²) in [5, 5.41) is 0. The van der Waals surface area contributed by atoms with Crippen LogP contribution in [0.25, 0.3) is 0 Å². The van der Waals surface area contributed by atoms with Gasteiger partial charge in [0.1, 0.15) is 12.0 Å². The van der Waals surface area contributed by atoms with Gasteiger partial charge in [0.2, 0.25) is 5.89 Å². The molecule has 0 aliphatic heterocycles. The average molecular weight is 312 g/mol. The van der Waals surface area contributed by atoms with E-state index in [4.69, 9.17) is 9.15 Å². The van der Waals surface area contributed by atoms with Crippen molar-refractivity contribution in [1.29, 1.82) is 0 Å². The Labute approximate surface area is 112 Å². The zero-order chi connectivity index (χ0) is 13.0. The molecule has 5 nitrogen and oxygen atoms in total. The van der Waals surface area contributed by atoms with Crippen molar-refractivity contribution in [1.82, 2.24) is 4.98 Å². The fraction of sp³-hybridized carbons (Fsp3) is 0.167. The summed E-state index contributed by atoms with van der Waals surface area (Å²) in [5.74, 6) is 0.451. The van der Waals surface area contributed by atoms with Crippen LogP contribution in [0.15, 0.2) is 39.4 Å². The lowest BCUT2D eigenvalue weighted by atomic mass is 10.3. The smallest absolute Gasteiger partial charge is 0.360 e. The van der Waals surface area contributed by atoms with E-state index in [0.29, 0.717) is 11.6 Å². The SMILES string of the molecule is COC(=O)c1coc(COc2ccccc2Br)n1. The Balaban J connectivity index is 2.01. The number of benzene rings is 1. The number of carbonyl (C=O) groups excluding carboxylic acids is 1. The van der Waals surface area contributed by atoms with E-state index < -0.39 is 5.97 Å². The second-order valence-corrected chi connectivity index (χ2v) is 4.19. The maximum atomic E-state index is 11.2. The van der Waals surface area contributed by atoms with Crippen molar-refractivity contribution in [2.45, 2.75) is 6.61 Å². The average Bonchev–Trinajstić information content (AvgIpc) is 2.86. The second-order valence-electron chi connectivity index (χ2n) is 3.34. The highest BCUT2D eigenvalue weighted by Gasteiger charge is 2.12. The number of carbonyl (C=O) groups is 1. The van der Waals surface area contributed by atoms with Gasteiger partial charge >= 0.3 is 5.97 Å². The van der Waals surface area contributed by atoms with Crippen molar-refractivity contribution in [3.05, 3.63) is 46.6 Å². The van der Waals surface area contributed by atoms with Gasteiger partial charge in [0.05, 0.1) is 11.6 Å². The quantitative estimate of drug-likeness (QED) is 0.812. The van der Waals surface area contributed by atoms with E-state index in [-0.39, 0.29) is 12.3 Å². The zero-order valence-corrected chi connectivity index (χ0v) is 11.1. The van der Waals surface area contributed by atoms with Crippen LogP contribution in [0.3, 0.4) is 0 Å². The number of halogens is 1. The van der Waals surface area contributed by atoms with Gasteiger partial charge in [0.25, 0.3) is 0 Å². The third kappa shape index (κ3) is 2.89. The van der Waals surface area contributed by atoms with Gasteiger partial charge in [-0.2, -0.15) is 0 Å². The van der Waals surface area contributed by atoms with Crippen LogP contribution in [-0.2, 0) is 11.3 Å².